The van der Waals surface area contributed by atoms with Gasteiger partial charge in [-0.05, 0) is 6.42 Å². The summed E-state index contributed by atoms with van der Waals surface area (Å²) in [5, 5.41) is 0. The zero-order valence-electron chi connectivity index (χ0n) is 4.31. The second-order valence-corrected chi connectivity index (χ2v) is 4.71. The van der Waals surface area contributed by atoms with Crippen LogP contribution in [0, 0.1) is 6.61 Å². The van der Waals surface area contributed by atoms with Gasteiger partial charge in [-0.1, -0.05) is 38.5 Å². The minimum atomic E-state index is 0.564. The zero-order chi connectivity index (χ0) is 5.98. The van der Waals surface area contributed by atoms with Crippen molar-refractivity contribution in [3.8, 4) is 0 Å². The van der Waals surface area contributed by atoms with Gasteiger partial charge in [-0.25, -0.2) is 0 Å². The lowest BCUT2D eigenvalue weighted by Gasteiger charge is -2.20. The molecule has 1 saturated heterocycles. The predicted molar refractivity (Wildman–Crippen MR) is 45.4 cm³/mol. The molecule has 47 valence electrons. The third kappa shape index (κ3) is 2.19. The van der Waals surface area contributed by atoms with Crippen molar-refractivity contribution in [1.82, 2.24) is 0 Å². The van der Waals surface area contributed by atoms with Gasteiger partial charge in [-0.2, -0.15) is 0 Å². The van der Waals surface area contributed by atoms with Crippen molar-refractivity contribution in [2.45, 2.75) is 15.2 Å². The van der Waals surface area contributed by atoms with Crippen molar-refractivity contribution in [2.75, 3.05) is 6.61 Å². The Morgan fingerprint density at radius 1 is 1.75 bits per heavy atom. The number of ether oxygens (including phenoxy) is 1. The molecule has 0 N–H and O–H groups in total. The third-order valence-corrected chi connectivity index (χ3v) is 2.44. The van der Waals surface area contributed by atoms with E-state index in [-0.39, 0.29) is 0 Å². The summed E-state index contributed by atoms with van der Waals surface area (Å²) < 4.78 is 5.70. The molecule has 1 fully saturated rings. The fraction of sp³-hybridized carbons (Fsp3) is 0.800. The summed E-state index contributed by atoms with van der Waals surface area (Å²) in [7, 11) is 0. The van der Waals surface area contributed by atoms with Crippen LogP contribution in [0.3, 0.4) is 0 Å². The first-order chi connectivity index (χ1) is 3.79. The summed E-state index contributed by atoms with van der Waals surface area (Å²) in [5.74, 6) is 0. The van der Waals surface area contributed by atoms with Crippen LogP contribution in [-0.2, 0) is 4.74 Å². The number of halogens is 2. The molecular weight excluding hydrogens is 283 g/mol. The van der Waals surface area contributed by atoms with Gasteiger partial charge >= 0.3 is 0 Å². The lowest BCUT2D eigenvalue weighted by molar-refractivity contribution is 0.170. The van der Waals surface area contributed by atoms with Gasteiger partial charge in [0, 0.05) is 8.75 Å². The van der Waals surface area contributed by atoms with Crippen molar-refractivity contribution in [3.05, 3.63) is 6.61 Å². The van der Waals surface area contributed by atoms with Crippen molar-refractivity contribution in [3.63, 3.8) is 0 Å². The molecule has 0 aliphatic carbocycles. The van der Waals surface area contributed by atoms with Gasteiger partial charge in [0.15, 0.2) is 0 Å². The Morgan fingerprint density at radius 2 is 2.50 bits per heavy atom. The smallest absolute Gasteiger partial charge is 0.0965 e. The summed E-state index contributed by atoms with van der Waals surface area (Å²) >= 11 is 5.84. The molecule has 3 heteroatoms. The van der Waals surface area contributed by atoms with E-state index < -0.39 is 0 Å². The summed E-state index contributed by atoms with van der Waals surface area (Å²) in [5.41, 5.74) is 0. The van der Waals surface area contributed by atoms with Gasteiger partial charge < -0.3 is 4.74 Å². The Hall–Kier alpha value is 1.17. The van der Waals surface area contributed by atoms with E-state index in [9.17, 15) is 0 Å². The van der Waals surface area contributed by atoms with E-state index in [1.807, 2.05) is 6.61 Å². The van der Waals surface area contributed by atoms with Gasteiger partial charge in [0.2, 0.25) is 0 Å². The first-order valence-electron chi connectivity index (χ1n) is 2.52. The SMILES string of the molecule is BrC1CO[CH]C(I)C1. The molecule has 0 bridgehead atoms. The molecule has 2 atom stereocenters. The maximum Gasteiger partial charge on any atom is 0.0965 e. The molecular formula is C5H7BrIO. The Labute approximate surface area is 71.4 Å². The van der Waals surface area contributed by atoms with E-state index in [2.05, 4.69) is 38.5 Å². The molecule has 0 aromatic carbocycles. The average Bonchev–Trinajstić information content (AvgIpc) is 1.64. The Balaban J connectivity index is 2.23. The first kappa shape index (κ1) is 7.28. The van der Waals surface area contributed by atoms with E-state index in [0.29, 0.717) is 8.75 Å². The van der Waals surface area contributed by atoms with Gasteiger partial charge in [0.05, 0.1) is 13.2 Å². The molecule has 0 amide bonds. The second-order valence-electron chi connectivity index (χ2n) is 1.82. The van der Waals surface area contributed by atoms with Gasteiger partial charge in [-0.3, -0.25) is 0 Å². The maximum absolute atomic E-state index is 5.11. The standard InChI is InChI=1S/C5H7BrIO/c6-4-1-5(7)3-8-2-4/h3-5H,1-2H2. The highest BCUT2D eigenvalue weighted by molar-refractivity contribution is 14.1. The molecule has 1 rings (SSSR count). The second kappa shape index (κ2) is 3.37. The Morgan fingerprint density at radius 3 is 2.88 bits per heavy atom. The lowest BCUT2D eigenvalue weighted by Crippen LogP contribution is -2.21. The van der Waals surface area contributed by atoms with Crippen LogP contribution in [0.2, 0.25) is 0 Å². The molecule has 0 aromatic heterocycles. The fourth-order valence-corrected chi connectivity index (χ4v) is 2.71. The minimum absolute atomic E-state index is 0.564. The van der Waals surface area contributed by atoms with Gasteiger partial charge in [0.1, 0.15) is 0 Å². The van der Waals surface area contributed by atoms with Crippen LogP contribution in [0.25, 0.3) is 0 Å². The highest BCUT2D eigenvalue weighted by Gasteiger charge is 2.17. The quantitative estimate of drug-likeness (QED) is 0.490. The number of hydrogen-bond acceptors (Lipinski definition) is 1. The molecule has 1 aliphatic rings. The molecule has 0 aromatic rings. The van der Waals surface area contributed by atoms with Crippen LogP contribution in [0.4, 0.5) is 0 Å². The van der Waals surface area contributed by atoms with Gasteiger partial charge in [0.25, 0.3) is 0 Å². The highest BCUT2D eigenvalue weighted by atomic mass is 127. The van der Waals surface area contributed by atoms with Crippen molar-refractivity contribution < 1.29 is 4.74 Å². The van der Waals surface area contributed by atoms with Crippen molar-refractivity contribution in [2.24, 2.45) is 0 Å². The van der Waals surface area contributed by atoms with Crippen LogP contribution < -0.4 is 0 Å². The Kier molecular flexibility index (Phi) is 3.06. The van der Waals surface area contributed by atoms with Gasteiger partial charge in [-0.15, -0.1) is 0 Å². The van der Waals surface area contributed by atoms with Crippen LogP contribution in [0.5, 0.6) is 0 Å². The normalized spacial score (nSPS) is 39.8. The minimum Gasteiger partial charge on any atom is -0.373 e. The third-order valence-electron chi connectivity index (χ3n) is 1.00. The fourth-order valence-electron chi connectivity index (χ4n) is 0.632. The summed E-state index contributed by atoms with van der Waals surface area (Å²) in [6, 6.07) is 0. The molecule has 0 saturated carbocycles. The van der Waals surface area contributed by atoms with Crippen molar-refractivity contribution >= 4 is 38.5 Å². The van der Waals surface area contributed by atoms with Crippen LogP contribution in [0.1, 0.15) is 6.42 Å². The van der Waals surface area contributed by atoms with E-state index in [1.54, 1.807) is 0 Å². The number of hydrogen-bond donors (Lipinski definition) is 0. The lowest BCUT2D eigenvalue weighted by atomic mass is 10.2. The monoisotopic (exact) mass is 289 g/mol. The summed E-state index contributed by atoms with van der Waals surface area (Å²) in [4.78, 5) is 0.564. The first-order valence-corrected chi connectivity index (χ1v) is 4.68. The molecule has 1 radical (unpaired) electrons. The zero-order valence-corrected chi connectivity index (χ0v) is 8.05. The van der Waals surface area contributed by atoms with E-state index >= 15 is 0 Å². The van der Waals surface area contributed by atoms with E-state index in [0.717, 1.165) is 6.61 Å². The average molecular weight is 290 g/mol. The Bertz CT molecular complexity index is 70.8. The topological polar surface area (TPSA) is 9.23 Å². The molecule has 2 unspecified atom stereocenters. The molecule has 1 aliphatic heterocycles. The molecule has 1 heterocycles. The van der Waals surface area contributed by atoms with Crippen LogP contribution in [-0.4, -0.2) is 15.4 Å². The highest BCUT2D eigenvalue weighted by Crippen LogP contribution is 2.22. The van der Waals surface area contributed by atoms with Crippen LogP contribution >= 0.6 is 38.5 Å². The maximum atomic E-state index is 5.11. The number of alkyl halides is 2. The molecule has 1 nitrogen and oxygen atoms in total. The number of rotatable bonds is 0. The predicted octanol–water partition coefficient (Wildman–Crippen LogP) is 2.14. The largest absolute Gasteiger partial charge is 0.373 e. The summed E-state index contributed by atoms with van der Waals surface area (Å²) in [6.45, 7) is 2.73. The summed E-state index contributed by atoms with van der Waals surface area (Å²) in [6.07, 6.45) is 1.20. The van der Waals surface area contributed by atoms with E-state index in [1.165, 1.54) is 6.42 Å². The molecule has 0 spiro atoms. The van der Waals surface area contributed by atoms with Crippen molar-refractivity contribution in [1.29, 1.82) is 0 Å². The van der Waals surface area contributed by atoms with E-state index in [4.69, 9.17) is 4.74 Å². The van der Waals surface area contributed by atoms with Crippen LogP contribution in [0.15, 0.2) is 0 Å². The molecule has 8 heavy (non-hydrogen) atoms.